The molecule has 0 unspecified atom stereocenters. The van der Waals surface area contributed by atoms with E-state index in [1.807, 2.05) is 30.3 Å². The summed E-state index contributed by atoms with van der Waals surface area (Å²) in [6.45, 7) is 0.703. The van der Waals surface area contributed by atoms with E-state index in [2.05, 4.69) is 16.3 Å². The summed E-state index contributed by atoms with van der Waals surface area (Å²) in [5.74, 6) is 1.60. The quantitative estimate of drug-likeness (QED) is 0.643. The molecule has 0 saturated heterocycles. The minimum absolute atomic E-state index is 0.423. The van der Waals surface area contributed by atoms with E-state index in [4.69, 9.17) is 33.3 Å². The van der Waals surface area contributed by atoms with Gasteiger partial charge < -0.3 is 19.7 Å². The minimum atomic E-state index is 0.423. The Morgan fingerprint density at radius 3 is 2.56 bits per heavy atom. The van der Waals surface area contributed by atoms with Crippen LogP contribution in [0.1, 0.15) is 31.2 Å². The molecular formula is C21H25ClN2O2S. The normalized spacial score (nSPS) is 14.0. The first-order chi connectivity index (χ1) is 13.1. The van der Waals surface area contributed by atoms with E-state index >= 15 is 0 Å². The number of para-hydroxylation sites is 1. The van der Waals surface area contributed by atoms with Gasteiger partial charge in [0.05, 0.1) is 24.9 Å². The van der Waals surface area contributed by atoms with Gasteiger partial charge in [-0.2, -0.15) is 0 Å². The van der Waals surface area contributed by atoms with Crippen molar-refractivity contribution < 1.29 is 9.47 Å². The van der Waals surface area contributed by atoms with Crippen LogP contribution in [0, 0.1) is 0 Å². The van der Waals surface area contributed by atoms with Gasteiger partial charge in [-0.1, -0.05) is 42.6 Å². The van der Waals surface area contributed by atoms with Crippen molar-refractivity contribution in [2.75, 3.05) is 19.5 Å². The van der Waals surface area contributed by atoms with Crippen LogP contribution in [0.15, 0.2) is 42.5 Å². The Balaban J connectivity index is 1.81. The van der Waals surface area contributed by atoms with Crippen LogP contribution in [0.4, 0.5) is 5.69 Å². The van der Waals surface area contributed by atoms with Gasteiger partial charge in [0, 0.05) is 24.2 Å². The molecule has 1 saturated carbocycles. The molecule has 27 heavy (non-hydrogen) atoms. The number of nitrogens with one attached hydrogen (secondary N) is 1. The Morgan fingerprint density at radius 2 is 1.89 bits per heavy atom. The first-order valence-corrected chi connectivity index (χ1v) is 9.94. The molecule has 144 valence electrons. The Bertz CT molecular complexity index is 794. The second-order valence-electron chi connectivity index (χ2n) is 6.65. The maximum absolute atomic E-state index is 6.38. The number of hydrogen-bond donors (Lipinski definition) is 1. The number of methoxy groups -OCH3 is 2. The Kier molecular flexibility index (Phi) is 6.80. The largest absolute Gasteiger partial charge is 0.497 e. The van der Waals surface area contributed by atoms with E-state index < -0.39 is 0 Å². The van der Waals surface area contributed by atoms with Crippen molar-refractivity contribution in [3.63, 3.8) is 0 Å². The fourth-order valence-corrected chi connectivity index (χ4v) is 4.05. The predicted octanol–water partition coefficient (Wildman–Crippen LogP) is 5.50. The number of ether oxygens (including phenoxy) is 2. The standard InChI is InChI=1S/C21H25ClN2O2S/c1-25-17-11-12-19(18(22)13-17)23-21(27)24(16-8-4-5-9-16)14-15-7-3-6-10-20(15)26-2/h3,6-7,10-13,16H,4-5,8-9,14H2,1-2H3,(H,23,27). The summed E-state index contributed by atoms with van der Waals surface area (Å²) >= 11 is 12.2. The molecule has 0 aromatic heterocycles. The summed E-state index contributed by atoms with van der Waals surface area (Å²) in [4.78, 5) is 2.26. The van der Waals surface area contributed by atoms with Crippen LogP contribution >= 0.6 is 23.8 Å². The molecule has 4 nitrogen and oxygen atoms in total. The molecule has 2 aromatic rings. The highest BCUT2D eigenvalue weighted by molar-refractivity contribution is 7.80. The zero-order chi connectivity index (χ0) is 19.2. The van der Waals surface area contributed by atoms with Crippen LogP contribution in [0.2, 0.25) is 5.02 Å². The van der Waals surface area contributed by atoms with E-state index in [1.165, 1.54) is 12.8 Å². The molecule has 1 aliphatic carbocycles. The highest BCUT2D eigenvalue weighted by Crippen LogP contribution is 2.30. The monoisotopic (exact) mass is 404 g/mol. The molecule has 0 amide bonds. The fraction of sp³-hybridized carbons (Fsp3) is 0.381. The number of rotatable bonds is 6. The third-order valence-electron chi connectivity index (χ3n) is 4.98. The molecule has 0 aliphatic heterocycles. The number of thiocarbonyl (C=S) groups is 1. The van der Waals surface area contributed by atoms with Crippen molar-refractivity contribution in [3.8, 4) is 11.5 Å². The lowest BCUT2D eigenvalue weighted by Crippen LogP contribution is -2.41. The zero-order valence-electron chi connectivity index (χ0n) is 15.7. The summed E-state index contributed by atoms with van der Waals surface area (Å²) in [6, 6.07) is 14.1. The van der Waals surface area contributed by atoms with Gasteiger partial charge in [-0.15, -0.1) is 0 Å². The molecule has 0 radical (unpaired) electrons. The highest BCUT2D eigenvalue weighted by atomic mass is 35.5. The number of halogens is 1. The van der Waals surface area contributed by atoms with Crippen LogP contribution < -0.4 is 14.8 Å². The second kappa shape index (κ2) is 9.29. The van der Waals surface area contributed by atoms with Gasteiger partial charge in [-0.3, -0.25) is 0 Å². The summed E-state index contributed by atoms with van der Waals surface area (Å²) in [7, 11) is 3.32. The lowest BCUT2D eigenvalue weighted by atomic mass is 10.1. The topological polar surface area (TPSA) is 33.7 Å². The van der Waals surface area contributed by atoms with Gasteiger partial charge in [-0.25, -0.2) is 0 Å². The lowest BCUT2D eigenvalue weighted by molar-refractivity contribution is 0.305. The van der Waals surface area contributed by atoms with Crippen LogP contribution in [0.25, 0.3) is 0 Å². The molecule has 0 atom stereocenters. The van der Waals surface area contributed by atoms with Crippen LogP contribution in [-0.4, -0.2) is 30.3 Å². The van der Waals surface area contributed by atoms with Gasteiger partial charge in [0.15, 0.2) is 5.11 Å². The fourth-order valence-electron chi connectivity index (χ4n) is 3.51. The molecular weight excluding hydrogens is 380 g/mol. The highest BCUT2D eigenvalue weighted by Gasteiger charge is 2.26. The van der Waals surface area contributed by atoms with E-state index in [-0.39, 0.29) is 0 Å². The number of benzene rings is 2. The number of hydrogen-bond acceptors (Lipinski definition) is 3. The summed E-state index contributed by atoms with van der Waals surface area (Å²) in [6.07, 6.45) is 4.76. The molecule has 2 aromatic carbocycles. The summed E-state index contributed by atoms with van der Waals surface area (Å²) in [5.41, 5.74) is 1.90. The SMILES string of the molecule is COc1ccc(NC(=S)N(Cc2ccccc2OC)C2CCCC2)c(Cl)c1. The van der Waals surface area contributed by atoms with E-state index in [0.29, 0.717) is 22.7 Å². The van der Waals surface area contributed by atoms with Crippen LogP contribution in [0.3, 0.4) is 0 Å². The molecule has 3 rings (SSSR count). The molecule has 1 aliphatic rings. The van der Waals surface area contributed by atoms with Crippen molar-refractivity contribution in [3.05, 3.63) is 53.1 Å². The van der Waals surface area contributed by atoms with Gasteiger partial charge >= 0.3 is 0 Å². The molecule has 0 bridgehead atoms. The first-order valence-electron chi connectivity index (χ1n) is 9.15. The Hall–Kier alpha value is -1.98. The van der Waals surface area contributed by atoms with Crippen molar-refractivity contribution >= 4 is 34.6 Å². The van der Waals surface area contributed by atoms with Crippen molar-refractivity contribution in [1.82, 2.24) is 4.90 Å². The maximum atomic E-state index is 6.38. The summed E-state index contributed by atoms with van der Waals surface area (Å²) in [5, 5.41) is 4.59. The average molecular weight is 405 g/mol. The number of anilines is 1. The van der Waals surface area contributed by atoms with E-state index in [0.717, 1.165) is 35.6 Å². The predicted molar refractivity (Wildman–Crippen MR) is 115 cm³/mol. The van der Waals surface area contributed by atoms with Gasteiger partial charge in [0.1, 0.15) is 11.5 Å². The summed E-state index contributed by atoms with van der Waals surface area (Å²) < 4.78 is 10.7. The Morgan fingerprint density at radius 1 is 1.15 bits per heavy atom. The van der Waals surface area contributed by atoms with E-state index in [9.17, 15) is 0 Å². The lowest BCUT2D eigenvalue weighted by Gasteiger charge is -2.32. The Labute approximate surface area is 171 Å². The second-order valence-corrected chi connectivity index (χ2v) is 7.45. The van der Waals surface area contributed by atoms with Crippen LogP contribution in [-0.2, 0) is 6.54 Å². The molecule has 0 heterocycles. The third-order valence-corrected chi connectivity index (χ3v) is 5.63. The average Bonchev–Trinajstić information content (AvgIpc) is 3.22. The van der Waals surface area contributed by atoms with Gasteiger partial charge in [-0.05, 0) is 43.3 Å². The third kappa shape index (κ3) is 4.85. The van der Waals surface area contributed by atoms with Crippen molar-refractivity contribution in [2.45, 2.75) is 38.3 Å². The van der Waals surface area contributed by atoms with Crippen LogP contribution in [0.5, 0.6) is 11.5 Å². The van der Waals surface area contributed by atoms with Crippen molar-refractivity contribution in [2.24, 2.45) is 0 Å². The van der Waals surface area contributed by atoms with Gasteiger partial charge in [0.25, 0.3) is 0 Å². The maximum Gasteiger partial charge on any atom is 0.174 e. The smallest absolute Gasteiger partial charge is 0.174 e. The molecule has 1 N–H and O–H groups in total. The van der Waals surface area contributed by atoms with E-state index in [1.54, 1.807) is 20.3 Å². The molecule has 1 fully saturated rings. The molecule has 0 spiro atoms. The molecule has 6 heteroatoms. The van der Waals surface area contributed by atoms with Crippen molar-refractivity contribution in [1.29, 1.82) is 0 Å². The zero-order valence-corrected chi connectivity index (χ0v) is 17.3. The number of nitrogens with zero attached hydrogens (tertiary/aromatic N) is 1. The van der Waals surface area contributed by atoms with Gasteiger partial charge in [0.2, 0.25) is 0 Å². The first kappa shape index (κ1) is 19.8. The minimum Gasteiger partial charge on any atom is -0.497 e.